The van der Waals surface area contributed by atoms with E-state index in [0.29, 0.717) is 13.1 Å². The van der Waals surface area contributed by atoms with E-state index in [1.165, 1.54) is 7.11 Å². The van der Waals surface area contributed by atoms with E-state index in [-0.39, 0.29) is 30.2 Å². The normalized spacial score (nSPS) is 19.2. The van der Waals surface area contributed by atoms with Crippen LogP contribution in [0.5, 0.6) is 5.75 Å². The van der Waals surface area contributed by atoms with Crippen molar-refractivity contribution in [2.24, 2.45) is 5.92 Å². The zero-order valence-electron chi connectivity index (χ0n) is 14.5. The quantitative estimate of drug-likeness (QED) is 0.817. The van der Waals surface area contributed by atoms with Gasteiger partial charge in [0.15, 0.2) is 0 Å². The fraction of sp³-hybridized carbons (Fsp3) is 0.316. The molecule has 1 aromatic carbocycles. The summed E-state index contributed by atoms with van der Waals surface area (Å²) in [7, 11) is 1.35. The van der Waals surface area contributed by atoms with Crippen LogP contribution < -0.4 is 5.32 Å². The van der Waals surface area contributed by atoms with Crippen LogP contribution in [-0.2, 0) is 16.1 Å². The van der Waals surface area contributed by atoms with E-state index in [4.69, 9.17) is 4.74 Å². The molecule has 7 nitrogen and oxygen atoms in total. The maximum absolute atomic E-state index is 12.5. The van der Waals surface area contributed by atoms with Crippen molar-refractivity contribution in [2.45, 2.75) is 12.5 Å². The number of nitrogens with zero attached hydrogens (tertiary/aromatic N) is 2. The molecule has 0 spiro atoms. The van der Waals surface area contributed by atoms with Crippen LogP contribution in [0.4, 0.5) is 4.79 Å². The lowest BCUT2D eigenvalue weighted by molar-refractivity contribution is -0.145. The Labute approximate surface area is 151 Å². The number of benzene rings is 1. The molecule has 2 atom stereocenters. The van der Waals surface area contributed by atoms with Crippen molar-refractivity contribution in [3.05, 3.63) is 59.9 Å². The van der Waals surface area contributed by atoms with Crippen molar-refractivity contribution in [1.29, 1.82) is 0 Å². The van der Waals surface area contributed by atoms with Gasteiger partial charge in [0.1, 0.15) is 5.75 Å². The zero-order chi connectivity index (χ0) is 18.5. The number of hydrogen-bond donors (Lipinski definition) is 2. The van der Waals surface area contributed by atoms with E-state index < -0.39 is 5.92 Å². The fourth-order valence-corrected chi connectivity index (χ4v) is 3.21. The fourth-order valence-electron chi connectivity index (χ4n) is 3.21. The van der Waals surface area contributed by atoms with Crippen molar-refractivity contribution >= 4 is 12.0 Å². The van der Waals surface area contributed by atoms with Crippen LogP contribution in [0.1, 0.15) is 17.0 Å². The summed E-state index contributed by atoms with van der Waals surface area (Å²) in [5.74, 6) is -0.793. The first-order valence-corrected chi connectivity index (χ1v) is 8.37. The number of urea groups is 1. The van der Waals surface area contributed by atoms with E-state index in [1.807, 2.05) is 12.1 Å². The predicted octanol–water partition coefficient (Wildman–Crippen LogP) is 1.89. The molecule has 2 heterocycles. The Morgan fingerprint density at radius 1 is 1.27 bits per heavy atom. The Hall–Kier alpha value is -3.09. The highest BCUT2D eigenvalue weighted by Crippen LogP contribution is 2.34. The van der Waals surface area contributed by atoms with Gasteiger partial charge in [-0.1, -0.05) is 18.2 Å². The maximum atomic E-state index is 12.5. The van der Waals surface area contributed by atoms with E-state index in [2.05, 4.69) is 10.3 Å². The summed E-state index contributed by atoms with van der Waals surface area (Å²) in [5, 5.41) is 12.3. The average molecular weight is 355 g/mol. The molecule has 1 aliphatic heterocycles. The Morgan fingerprint density at radius 2 is 2.04 bits per heavy atom. The molecule has 136 valence electrons. The molecule has 7 heteroatoms. The standard InChI is InChI=1S/C19H21N3O4/c1-26-18(24)17-12-22(11-16(17)14-4-6-15(23)7-5-14)19(25)21-10-13-3-2-8-20-9-13/h2-9,16-17,23H,10-12H2,1H3,(H,21,25)/t16-,17+/m0/s1. The van der Waals surface area contributed by atoms with Crippen LogP contribution in [0, 0.1) is 5.92 Å². The number of carbonyl (C=O) groups excluding carboxylic acids is 2. The van der Waals surface area contributed by atoms with Crippen molar-refractivity contribution in [2.75, 3.05) is 20.2 Å². The molecule has 3 rings (SSSR count). The molecule has 1 fully saturated rings. The van der Waals surface area contributed by atoms with Crippen LogP contribution in [0.2, 0.25) is 0 Å². The number of likely N-dealkylation sites (tertiary alicyclic amines) is 1. The average Bonchev–Trinajstić information content (AvgIpc) is 3.12. The number of hydrogen-bond acceptors (Lipinski definition) is 5. The number of phenols is 1. The molecule has 0 radical (unpaired) electrons. The first-order valence-electron chi connectivity index (χ1n) is 8.37. The van der Waals surface area contributed by atoms with Gasteiger partial charge < -0.3 is 20.1 Å². The largest absolute Gasteiger partial charge is 0.508 e. The predicted molar refractivity (Wildman–Crippen MR) is 94.4 cm³/mol. The number of esters is 1. The summed E-state index contributed by atoms with van der Waals surface area (Å²) in [6.07, 6.45) is 3.37. The number of aromatic nitrogens is 1. The van der Waals surface area contributed by atoms with Gasteiger partial charge in [0.05, 0.1) is 13.0 Å². The summed E-state index contributed by atoms with van der Waals surface area (Å²) in [6.45, 7) is 1.07. The molecule has 0 bridgehead atoms. The van der Waals surface area contributed by atoms with Crippen LogP contribution >= 0.6 is 0 Å². The minimum atomic E-state index is -0.436. The molecule has 2 N–H and O–H groups in total. The molecule has 0 saturated carbocycles. The lowest BCUT2D eigenvalue weighted by Gasteiger charge is -2.17. The van der Waals surface area contributed by atoms with Crippen molar-refractivity contribution in [3.63, 3.8) is 0 Å². The van der Waals surface area contributed by atoms with Gasteiger partial charge in [0, 0.05) is 37.9 Å². The summed E-state index contributed by atoms with van der Waals surface area (Å²) < 4.78 is 4.91. The molecular weight excluding hydrogens is 334 g/mol. The molecule has 1 aromatic heterocycles. The van der Waals surface area contributed by atoms with E-state index in [9.17, 15) is 14.7 Å². The summed E-state index contributed by atoms with van der Waals surface area (Å²) in [4.78, 5) is 30.3. The number of ether oxygens (including phenoxy) is 1. The van der Waals surface area contributed by atoms with Gasteiger partial charge in [0.2, 0.25) is 0 Å². The van der Waals surface area contributed by atoms with Crippen molar-refractivity contribution < 1.29 is 19.4 Å². The molecule has 1 aliphatic rings. The summed E-state index contributed by atoms with van der Waals surface area (Å²) in [5.41, 5.74) is 1.79. The monoisotopic (exact) mass is 355 g/mol. The lowest BCUT2D eigenvalue weighted by Crippen LogP contribution is -2.38. The number of pyridine rings is 1. The number of methoxy groups -OCH3 is 1. The Balaban J connectivity index is 1.70. The maximum Gasteiger partial charge on any atom is 0.317 e. The van der Waals surface area contributed by atoms with Gasteiger partial charge in [0.25, 0.3) is 0 Å². The third-order valence-electron chi connectivity index (χ3n) is 4.60. The van der Waals surface area contributed by atoms with Gasteiger partial charge >= 0.3 is 12.0 Å². The summed E-state index contributed by atoms with van der Waals surface area (Å²) in [6, 6.07) is 10.2. The number of rotatable bonds is 4. The lowest BCUT2D eigenvalue weighted by atomic mass is 9.89. The molecule has 26 heavy (non-hydrogen) atoms. The molecular formula is C19H21N3O4. The molecule has 0 unspecified atom stereocenters. The van der Waals surface area contributed by atoms with Gasteiger partial charge in [-0.15, -0.1) is 0 Å². The molecule has 2 aromatic rings. The minimum absolute atomic E-state index is 0.160. The van der Waals surface area contributed by atoms with Crippen LogP contribution in [0.15, 0.2) is 48.8 Å². The van der Waals surface area contributed by atoms with Gasteiger partial charge in [-0.05, 0) is 29.3 Å². The molecule has 2 amide bonds. The zero-order valence-corrected chi connectivity index (χ0v) is 14.5. The molecule has 0 aliphatic carbocycles. The summed E-state index contributed by atoms with van der Waals surface area (Å²) >= 11 is 0. The van der Waals surface area contributed by atoms with E-state index >= 15 is 0 Å². The third-order valence-corrected chi connectivity index (χ3v) is 4.60. The van der Waals surface area contributed by atoms with E-state index in [0.717, 1.165) is 11.1 Å². The first-order chi connectivity index (χ1) is 12.6. The molecule has 1 saturated heterocycles. The Morgan fingerprint density at radius 3 is 2.69 bits per heavy atom. The Bertz CT molecular complexity index is 764. The SMILES string of the molecule is COC(=O)[C@@H]1CN(C(=O)NCc2cccnc2)C[C@H]1c1ccc(O)cc1. The first kappa shape index (κ1) is 17.7. The second-order valence-corrected chi connectivity index (χ2v) is 6.25. The highest BCUT2D eigenvalue weighted by atomic mass is 16.5. The van der Waals surface area contributed by atoms with Crippen LogP contribution in [0.3, 0.4) is 0 Å². The Kier molecular flexibility index (Phi) is 5.36. The second-order valence-electron chi connectivity index (χ2n) is 6.25. The number of amides is 2. The number of carbonyl (C=O) groups is 2. The highest BCUT2D eigenvalue weighted by molar-refractivity contribution is 5.79. The van der Waals surface area contributed by atoms with Crippen molar-refractivity contribution in [1.82, 2.24) is 15.2 Å². The minimum Gasteiger partial charge on any atom is -0.508 e. The number of aromatic hydroxyl groups is 1. The highest BCUT2D eigenvalue weighted by Gasteiger charge is 2.41. The number of phenolic OH excluding ortho intramolecular Hbond substituents is 1. The van der Waals surface area contributed by atoms with Crippen LogP contribution in [-0.4, -0.2) is 47.2 Å². The smallest absolute Gasteiger partial charge is 0.317 e. The topological polar surface area (TPSA) is 91.8 Å². The number of nitrogens with one attached hydrogen (secondary N) is 1. The van der Waals surface area contributed by atoms with E-state index in [1.54, 1.807) is 41.6 Å². The van der Waals surface area contributed by atoms with Crippen LogP contribution in [0.25, 0.3) is 0 Å². The van der Waals surface area contributed by atoms with Gasteiger partial charge in [-0.25, -0.2) is 4.79 Å². The van der Waals surface area contributed by atoms with Gasteiger partial charge in [-0.2, -0.15) is 0 Å². The second kappa shape index (κ2) is 7.86. The third kappa shape index (κ3) is 3.93. The van der Waals surface area contributed by atoms with Gasteiger partial charge in [-0.3, -0.25) is 9.78 Å². The van der Waals surface area contributed by atoms with Crippen molar-refractivity contribution in [3.8, 4) is 5.75 Å².